The molecule has 7 atom stereocenters. The Kier molecular flexibility index (Phi) is 15.0. The zero-order chi connectivity index (χ0) is 53.5. The first-order valence-corrected chi connectivity index (χ1v) is 25.3. The fourth-order valence-electron chi connectivity index (χ4n) is 9.34. The number of aliphatic imine (C=N–C) groups is 2. The molecule has 5 aliphatic rings. The summed E-state index contributed by atoms with van der Waals surface area (Å²) in [4.78, 5) is 53.2. The number of amides is 2. The highest BCUT2D eigenvalue weighted by Gasteiger charge is 2.45. The van der Waals surface area contributed by atoms with E-state index in [0.29, 0.717) is 59.6 Å². The van der Waals surface area contributed by atoms with E-state index in [-0.39, 0.29) is 95.3 Å². The predicted octanol–water partition coefficient (Wildman–Crippen LogP) is 4.95. The molecule has 22 heteroatoms. The molecule has 0 spiro atoms. The van der Waals surface area contributed by atoms with E-state index < -0.39 is 53.5 Å². The maximum absolute atomic E-state index is 14.1. The standard InChI is InChI=1S/C53H56N4O17S/c1-27(2)9-40(59)32-7-8-41(71-53-50(62)49(61)48(60)47(24-58)72-53)46(15-32)74-75(65,66)73-35-13-30(25-69-44-18-38-36(16-42(44)67-5)51(63)56-22-28(3)10-33(56)20-54-38)12-31(14-35)26-70-45-19-39-37(17-43(45)68-6)52(64)57-23-29(4)11-34(57)21-55-39/h7-8,12-21,27,33-34,47-50,53,58,60-62H,3-4,9-11,22-26H2,1-2,5-6H3/t33-,34-,47+,48-,49-,50+,53+/m0/s1. The van der Waals surface area contributed by atoms with Gasteiger partial charge in [-0.15, -0.1) is 8.42 Å². The van der Waals surface area contributed by atoms with Crippen molar-refractivity contribution in [2.45, 2.75) is 89.1 Å². The third-order valence-electron chi connectivity index (χ3n) is 13.1. The quantitative estimate of drug-likeness (QED) is 0.0759. The lowest BCUT2D eigenvalue weighted by Gasteiger charge is -2.39. The topological polar surface area (TPSA) is 271 Å². The highest BCUT2D eigenvalue weighted by atomic mass is 32.3. The van der Waals surface area contributed by atoms with Gasteiger partial charge in [0.25, 0.3) is 11.8 Å². The summed E-state index contributed by atoms with van der Waals surface area (Å²) in [5.41, 5.74) is 3.86. The molecule has 5 aliphatic heterocycles. The van der Waals surface area contributed by atoms with Crippen molar-refractivity contribution in [1.82, 2.24) is 9.80 Å². The molecule has 2 amide bonds. The number of aliphatic hydroxyl groups is 4. The molecule has 0 aliphatic carbocycles. The summed E-state index contributed by atoms with van der Waals surface area (Å²) in [6, 6.07) is 13.8. The van der Waals surface area contributed by atoms with Crippen LogP contribution in [0.1, 0.15) is 75.3 Å². The van der Waals surface area contributed by atoms with Gasteiger partial charge in [0.05, 0.1) is 55.4 Å². The molecule has 396 valence electrons. The number of methoxy groups -OCH3 is 2. The van der Waals surface area contributed by atoms with E-state index in [4.69, 9.17) is 36.8 Å². The van der Waals surface area contributed by atoms with E-state index in [1.54, 1.807) is 52.6 Å². The van der Waals surface area contributed by atoms with Gasteiger partial charge in [-0.05, 0) is 78.4 Å². The molecule has 75 heavy (non-hydrogen) atoms. The Morgan fingerprint density at radius 1 is 0.720 bits per heavy atom. The molecule has 0 aromatic heterocycles. The van der Waals surface area contributed by atoms with Crippen LogP contribution in [-0.2, 0) is 28.3 Å². The number of ketones is 1. The second-order valence-electron chi connectivity index (χ2n) is 19.1. The monoisotopic (exact) mass is 1050 g/mol. The van der Waals surface area contributed by atoms with E-state index in [1.165, 1.54) is 38.5 Å². The minimum atomic E-state index is -5.17. The van der Waals surface area contributed by atoms with Crippen molar-refractivity contribution in [2.75, 3.05) is 33.9 Å². The van der Waals surface area contributed by atoms with Crippen LogP contribution in [0.15, 0.2) is 95.0 Å². The van der Waals surface area contributed by atoms with Crippen molar-refractivity contribution in [3.8, 4) is 40.2 Å². The molecule has 0 bridgehead atoms. The first-order valence-electron chi connectivity index (χ1n) is 24.0. The molecule has 4 aromatic rings. The number of benzene rings is 4. The largest absolute Gasteiger partial charge is 0.501 e. The van der Waals surface area contributed by atoms with Crippen molar-refractivity contribution in [3.05, 3.63) is 113 Å². The second kappa shape index (κ2) is 21.5. The minimum absolute atomic E-state index is 0.0396. The minimum Gasteiger partial charge on any atom is -0.493 e. The van der Waals surface area contributed by atoms with Crippen LogP contribution in [0.2, 0.25) is 0 Å². The fourth-order valence-corrected chi connectivity index (χ4v) is 10.1. The molecule has 3 fully saturated rings. The Morgan fingerprint density at radius 3 is 1.77 bits per heavy atom. The van der Waals surface area contributed by atoms with Gasteiger partial charge in [-0.25, -0.2) is 0 Å². The summed E-state index contributed by atoms with van der Waals surface area (Å²) in [7, 11) is -2.33. The van der Waals surface area contributed by atoms with Crippen molar-refractivity contribution >= 4 is 51.8 Å². The van der Waals surface area contributed by atoms with Gasteiger partial charge in [0.2, 0.25) is 6.29 Å². The molecule has 4 aromatic carbocycles. The van der Waals surface area contributed by atoms with Gasteiger partial charge in [0.15, 0.2) is 40.3 Å². The summed E-state index contributed by atoms with van der Waals surface area (Å²) in [6.07, 6.45) is -3.90. The van der Waals surface area contributed by atoms with Crippen molar-refractivity contribution in [3.63, 3.8) is 0 Å². The summed E-state index contributed by atoms with van der Waals surface area (Å²) < 4.78 is 74.4. The molecule has 4 N–H and O–H groups in total. The van der Waals surface area contributed by atoms with E-state index in [9.17, 15) is 43.2 Å². The van der Waals surface area contributed by atoms with Crippen LogP contribution in [0, 0.1) is 5.92 Å². The third kappa shape index (κ3) is 11.2. The number of hydrogen-bond donors (Lipinski definition) is 4. The average molecular weight is 1050 g/mol. The first-order chi connectivity index (χ1) is 35.8. The Hall–Kier alpha value is -7.34. The summed E-state index contributed by atoms with van der Waals surface area (Å²) in [5, 5.41) is 41.3. The number of hydrogen-bond acceptors (Lipinski definition) is 19. The van der Waals surface area contributed by atoms with Gasteiger partial charge in [-0.3, -0.25) is 24.4 Å². The Balaban J connectivity index is 1.03. The molecule has 0 unspecified atom stereocenters. The van der Waals surface area contributed by atoms with Gasteiger partial charge in [0.1, 0.15) is 43.4 Å². The number of aliphatic hydroxyl groups excluding tert-OH is 4. The third-order valence-corrected chi connectivity index (χ3v) is 13.8. The van der Waals surface area contributed by atoms with Gasteiger partial charge in [-0.1, -0.05) is 38.2 Å². The number of nitrogens with zero attached hydrogens (tertiary/aromatic N) is 4. The Bertz CT molecular complexity index is 2990. The number of ether oxygens (including phenoxy) is 6. The molecular weight excluding hydrogens is 997 g/mol. The lowest BCUT2D eigenvalue weighted by atomic mass is 9.99. The van der Waals surface area contributed by atoms with E-state index in [1.807, 2.05) is 13.8 Å². The lowest BCUT2D eigenvalue weighted by Crippen LogP contribution is -2.60. The molecule has 3 saturated heterocycles. The van der Waals surface area contributed by atoms with Crippen LogP contribution >= 0.6 is 0 Å². The Morgan fingerprint density at radius 2 is 1.27 bits per heavy atom. The van der Waals surface area contributed by atoms with Crippen molar-refractivity contribution < 1.29 is 80.0 Å². The SMILES string of the molecule is C=C1C[C@H]2C=Nc3cc(OCc4cc(COc5cc6c(cc5OC)C(=O)N5CC(=C)C[C@H]5C=N6)cc(OS(=O)(=O)Oc5cc(C(=O)CC(C)C)ccc5O[C@@H]5O[C@H](CO)[C@H](O)[C@H](O)[C@H]5O)c4)c(OC)cc3C(=O)N2C1. The number of rotatable bonds is 18. The molecular formula is C53H56N4O17S. The highest BCUT2D eigenvalue weighted by Crippen LogP contribution is 2.42. The predicted molar refractivity (Wildman–Crippen MR) is 269 cm³/mol. The van der Waals surface area contributed by atoms with Gasteiger partial charge < -0.3 is 67.0 Å². The molecule has 0 saturated carbocycles. The van der Waals surface area contributed by atoms with Gasteiger partial charge in [0, 0.05) is 49.6 Å². The van der Waals surface area contributed by atoms with Crippen molar-refractivity contribution in [2.24, 2.45) is 15.9 Å². The van der Waals surface area contributed by atoms with E-state index in [0.717, 1.165) is 17.2 Å². The maximum atomic E-state index is 14.1. The number of Topliss-reactive ketones (excluding diaryl/α,β-unsaturated/α-hetero) is 1. The summed E-state index contributed by atoms with van der Waals surface area (Å²) >= 11 is 0. The number of fused-ring (bicyclic) bond motifs is 4. The Labute approximate surface area is 432 Å². The maximum Gasteiger partial charge on any atom is 0.501 e. The summed E-state index contributed by atoms with van der Waals surface area (Å²) in [5.74, 6) is -1.32. The first kappa shape index (κ1) is 52.5. The summed E-state index contributed by atoms with van der Waals surface area (Å²) in [6.45, 7) is 11.3. The lowest BCUT2D eigenvalue weighted by molar-refractivity contribution is -0.277. The van der Waals surface area contributed by atoms with Crippen LogP contribution in [-0.4, -0.2) is 145 Å². The average Bonchev–Trinajstić information content (AvgIpc) is 3.89. The molecule has 21 nitrogen and oxygen atoms in total. The van der Waals surface area contributed by atoms with Crippen molar-refractivity contribution in [1.29, 1.82) is 0 Å². The molecule has 5 heterocycles. The van der Waals surface area contributed by atoms with Gasteiger partial charge in [-0.2, -0.15) is 0 Å². The molecule has 0 radical (unpaired) electrons. The van der Waals surface area contributed by atoms with Crippen LogP contribution in [0.5, 0.6) is 40.2 Å². The van der Waals surface area contributed by atoms with Crippen LogP contribution < -0.4 is 32.1 Å². The van der Waals surface area contributed by atoms with Crippen LogP contribution in [0.4, 0.5) is 11.4 Å². The van der Waals surface area contributed by atoms with E-state index in [2.05, 4.69) is 23.1 Å². The number of carbonyl (C=O) groups excluding carboxylic acids is 3. The van der Waals surface area contributed by atoms with Crippen LogP contribution in [0.25, 0.3) is 0 Å². The normalized spacial score (nSPS) is 23.0. The van der Waals surface area contributed by atoms with Crippen LogP contribution in [0.3, 0.4) is 0 Å². The second-order valence-corrected chi connectivity index (χ2v) is 20.3. The van der Waals surface area contributed by atoms with Gasteiger partial charge >= 0.3 is 10.4 Å². The zero-order valence-electron chi connectivity index (χ0n) is 41.4. The highest BCUT2D eigenvalue weighted by molar-refractivity contribution is 7.82. The smallest absolute Gasteiger partial charge is 0.493 e. The fraction of sp³-hybridized carbons (Fsp3) is 0.377. The van der Waals surface area contributed by atoms with E-state index >= 15 is 0 Å². The molecule has 9 rings (SSSR count). The zero-order valence-corrected chi connectivity index (χ0v) is 42.2. The number of carbonyl (C=O) groups is 3.